The van der Waals surface area contributed by atoms with Crippen molar-refractivity contribution in [3.8, 4) is 11.1 Å². The molecule has 2 unspecified atom stereocenters. The van der Waals surface area contributed by atoms with E-state index in [1.165, 1.54) is 0 Å². The number of carbonyl (C=O) groups is 3. The monoisotopic (exact) mass is 478 g/mol. The van der Waals surface area contributed by atoms with E-state index < -0.39 is 24.0 Å². The van der Waals surface area contributed by atoms with Gasteiger partial charge in [-0.25, -0.2) is 4.79 Å². The Bertz CT molecular complexity index is 1070. The lowest BCUT2D eigenvalue weighted by atomic mass is 9.98. The number of hydrogen-bond acceptors (Lipinski definition) is 5. The van der Waals surface area contributed by atoms with Crippen LogP contribution in [0.2, 0.25) is 0 Å². The molecule has 2 aliphatic carbocycles. The first kappa shape index (κ1) is 23.4. The third-order valence-electron chi connectivity index (χ3n) is 7.13. The second kappa shape index (κ2) is 10.1. The molecule has 8 heteroatoms. The molecule has 2 aromatic carbocycles. The van der Waals surface area contributed by atoms with E-state index in [1.807, 2.05) is 24.3 Å². The quantitative estimate of drug-likeness (QED) is 0.573. The average molecular weight is 479 g/mol. The number of nitrogens with zero attached hydrogens (tertiary/aromatic N) is 1. The number of rotatable bonds is 9. The van der Waals surface area contributed by atoms with Gasteiger partial charge in [0, 0.05) is 19.0 Å². The maximum Gasteiger partial charge on any atom is 0.407 e. The predicted octanol–water partition coefficient (Wildman–Crippen LogP) is 3.25. The number of aliphatic carboxylic acids is 1. The lowest BCUT2D eigenvalue weighted by molar-refractivity contribution is -0.140. The Morgan fingerprint density at radius 2 is 1.66 bits per heavy atom. The first-order valence-corrected chi connectivity index (χ1v) is 12.2. The Kier molecular flexibility index (Phi) is 6.72. The second-order valence-corrected chi connectivity index (χ2v) is 9.59. The summed E-state index contributed by atoms with van der Waals surface area (Å²) in [6, 6.07) is 15.8. The second-order valence-electron chi connectivity index (χ2n) is 9.59. The minimum absolute atomic E-state index is 0.0459. The van der Waals surface area contributed by atoms with Gasteiger partial charge < -0.3 is 24.8 Å². The fourth-order valence-electron chi connectivity index (χ4n) is 5.10. The van der Waals surface area contributed by atoms with Gasteiger partial charge >= 0.3 is 12.1 Å². The molecule has 1 aliphatic heterocycles. The molecule has 0 aromatic heterocycles. The van der Waals surface area contributed by atoms with Crippen LogP contribution in [0.15, 0.2) is 48.5 Å². The predicted molar refractivity (Wildman–Crippen MR) is 128 cm³/mol. The third kappa shape index (κ3) is 5.17. The van der Waals surface area contributed by atoms with E-state index in [0.29, 0.717) is 12.5 Å². The van der Waals surface area contributed by atoms with Gasteiger partial charge in [-0.05, 0) is 41.0 Å². The molecule has 2 aromatic rings. The SMILES string of the molecule is O=C(O)CCN(CC1CC1)C(=O)C1COCC1NC(=O)OCC1c2ccccc2-c2ccccc21. The number of carboxylic acid groups (broad SMARTS) is 1. The number of alkyl carbamates (subject to hydrolysis) is 1. The molecule has 184 valence electrons. The molecule has 1 saturated heterocycles. The van der Waals surface area contributed by atoms with Crippen molar-refractivity contribution in [1.82, 2.24) is 10.2 Å². The summed E-state index contributed by atoms with van der Waals surface area (Å²) in [4.78, 5) is 38.6. The summed E-state index contributed by atoms with van der Waals surface area (Å²) >= 11 is 0. The lowest BCUT2D eigenvalue weighted by Crippen LogP contribution is -2.48. The Labute approximate surface area is 204 Å². The van der Waals surface area contributed by atoms with Crippen LogP contribution in [0.5, 0.6) is 0 Å². The molecule has 0 spiro atoms. The van der Waals surface area contributed by atoms with Crippen molar-refractivity contribution < 1.29 is 29.0 Å². The van der Waals surface area contributed by atoms with Crippen molar-refractivity contribution in [2.24, 2.45) is 11.8 Å². The minimum Gasteiger partial charge on any atom is -0.481 e. The first-order valence-electron chi connectivity index (χ1n) is 12.2. The van der Waals surface area contributed by atoms with Crippen LogP contribution in [0.1, 0.15) is 36.3 Å². The van der Waals surface area contributed by atoms with Crippen molar-refractivity contribution in [2.75, 3.05) is 32.9 Å². The molecule has 1 heterocycles. The first-order chi connectivity index (χ1) is 17.0. The van der Waals surface area contributed by atoms with E-state index in [2.05, 4.69) is 29.6 Å². The highest BCUT2D eigenvalue weighted by molar-refractivity contribution is 5.82. The van der Waals surface area contributed by atoms with Crippen LogP contribution in [0.3, 0.4) is 0 Å². The van der Waals surface area contributed by atoms with E-state index in [-0.39, 0.29) is 44.6 Å². The van der Waals surface area contributed by atoms with E-state index >= 15 is 0 Å². The molecular weight excluding hydrogens is 448 g/mol. The zero-order chi connectivity index (χ0) is 24.4. The number of amides is 2. The van der Waals surface area contributed by atoms with Gasteiger partial charge in [-0.15, -0.1) is 0 Å². The molecule has 2 atom stereocenters. The number of carboxylic acids is 1. The highest BCUT2D eigenvalue weighted by Gasteiger charge is 2.39. The Balaban J connectivity index is 1.20. The normalized spacial score (nSPS) is 20.7. The van der Waals surface area contributed by atoms with Gasteiger partial charge in [0.15, 0.2) is 0 Å². The van der Waals surface area contributed by atoms with Gasteiger partial charge in [0.2, 0.25) is 5.91 Å². The summed E-state index contributed by atoms with van der Waals surface area (Å²) in [7, 11) is 0. The molecule has 2 fully saturated rings. The maximum absolute atomic E-state index is 13.2. The summed E-state index contributed by atoms with van der Waals surface area (Å²) in [5.41, 5.74) is 4.58. The van der Waals surface area contributed by atoms with Crippen LogP contribution >= 0.6 is 0 Å². The summed E-state index contributed by atoms with van der Waals surface area (Å²) in [6.07, 6.45) is 1.43. The molecule has 3 aliphatic rings. The van der Waals surface area contributed by atoms with Gasteiger partial charge in [0.05, 0.1) is 31.6 Å². The molecule has 0 bridgehead atoms. The highest BCUT2D eigenvalue weighted by Crippen LogP contribution is 2.44. The van der Waals surface area contributed by atoms with Crippen molar-refractivity contribution >= 4 is 18.0 Å². The van der Waals surface area contributed by atoms with E-state index in [9.17, 15) is 14.4 Å². The van der Waals surface area contributed by atoms with Gasteiger partial charge in [0.25, 0.3) is 0 Å². The molecule has 1 saturated carbocycles. The van der Waals surface area contributed by atoms with Crippen LogP contribution in [-0.4, -0.2) is 66.9 Å². The van der Waals surface area contributed by atoms with Gasteiger partial charge in [-0.1, -0.05) is 48.5 Å². The van der Waals surface area contributed by atoms with E-state index in [0.717, 1.165) is 35.1 Å². The van der Waals surface area contributed by atoms with Crippen LogP contribution in [0, 0.1) is 11.8 Å². The molecule has 2 N–H and O–H groups in total. The number of benzene rings is 2. The van der Waals surface area contributed by atoms with Crippen LogP contribution in [0.25, 0.3) is 11.1 Å². The number of fused-ring (bicyclic) bond motifs is 3. The van der Waals surface area contributed by atoms with Crippen molar-refractivity contribution in [2.45, 2.75) is 31.2 Å². The Morgan fingerprint density at radius 1 is 1.00 bits per heavy atom. The van der Waals surface area contributed by atoms with Gasteiger partial charge in [0.1, 0.15) is 6.61 Å². The molecule has 5 rings (SSSR count). The largest absolute Gasteiger partial charge is 0.481 e. The van der Waals surface area contributed by atoms with E-state index in [4.69, 9.17) is 14.6 Å². The van der Waals surface area contributed by atoms with Gasteiger partial charge in [-0.3, -0.25) is 9.59 Å². The Morgan fingerprint density at radius 3 is 2.29 bits per heavy atom. The van der Waals surface area contributed by atoms with Crippen molar-refractivity contribution in [3.63, 3.8) is 0 Å². The summed E-state index contributed by atoms with van der Waals surface area (Å²) in [5, 5.41) is 11.9. The summed E-state index contributed by atoms with van der Waals surface area (Å²) < 4.78 is 11.2. The number of ether oxygens (including phenoxy) is 2. The standard InChI is InChI=1S/C27H30N2O6/c30-25(31)11-12-29(13-17-9-10-17)26(32)23-14-34-16-24(23)28-27(33)35-15-22-20-7-3-1-5-18(20)19-6-2-4-8-21(19)22/h1-8,17,22-24H,9-16H2,(H,28,33)(H,30,31). The molecule has 0 radical (unpaired) electrons. The van der Waals surface area contributed by atoms with Crippen molar-refractivity contribution in [1.29, 1.82) is 0 Å². The number of carbonyl (C=O) groups excluding carboxylic acids is 2. The molecule has 8 nitrogen and oxygen atoms in total. The molecule has 2 amide bonds. The molecule has 35 heavy (non-hydrogen) atoms. The number of hydrogen-bond donors (Lipinski definition) is 2. The summed E-state index contributed by atoms with van der Waals surface area (Å²) in [6.45, 7) is 1.33. The fourth-order valence-corrected chi connectivity index (χ4v) is 5.10. The zero-order valence-corrected chi connectivity index (χ0v) is 19.5. The summed E-state index contributed by atoms with van der Waals surface area (Å²) in [5.74, 6) is -1.27. The van der Waals surface area contributed by atoms with Gasteiger partial charge in [-0.2, -0.15) is 0 Å². The third-order valence-corrected chi connectivity index (χ3v) is 7.13. The Hall–Kier alpha value is -3.39. The number of nitrogens with one attached hydrogen (secondary N) is 1. The van der Waals surface area contributed by atoms with Crippen LogP contribution < -0.4 is 5.32 Å². The van der Waals surface area contributed by atoms with E-state index in [1.54, 1.807) is 4.90 Å². The zero-order valence-electron chi connectivity index (χ0n) is 19.5. The highest BCUT2D eigenvalue weighted by atomic mass is 16.5. The topological polar surface area (TPSA) is 105 Å². The molecular formula is C27H30N2O6. The maximum atomic E-state index is 13.2. The average Bonchev–Trinajstić information content (AvgIpc) is 3.47. The smallest absolute Gasteiger partial charge is 0.407 e. The van der Waals surface area contributed by atoms with Crippen LogP contribution in [-0.2, 0) is 19.1 Å². The lowest BCUT2D eigenvalue weighted by Gasteiger charge is -2.27. The van der Waals surface area contributed by atoms with Crippen LogP contribution in [0.4, 0.5) is 4.79 Å². The fraction of sp³-hybridized carbons (Fsp3) is 0.444. The minimum atomic E-state index is -0.936. The van der Waals surface area contributed by atoms with Crippen molar-refractivity contribution in [3.05, 3.63) is 59.7 Å².